The maximum atomic E-state index is 12.0. The molecule has 2 amide bonds. The number of rotatable bonds is 2. The molecule has 0 spiro atoms. The van der Waals surface area contributed by atoms with Gasteiger partial charge >= 0.3 is 0 Å². The van der Waals surface area contributed by atoms with Crippen LogP contribution in [-0.2, 0) is 4.79 Å². The predicted octanol–water partition coefficient (Wildman–Crippen LogP) is 2.22. The van der Waals surface area contributed by atoms with Crippen LogP contribution >= 0.6 is 27.3 Å². The van der Waals surface area contributed by atoms with E-state index >= 15 is 0 Å². The summed E-state index contributed by atoms with van der Waals surface area (Å²) in [6.07, 6.45) is 2.64. The van der Waals surface area contributed by atoms with Gasteiger partial charge in [0.2, 0.25) is 5.91 Å². The topological polar surface area (TPSA) is 58.2 Å². The van der Waals surface area contributed by atoms with Crippen molar-refractivity contribution in [1.29, 1.82) is 0 Å². The van der Waals surface area contributed by atoms with Crippen LogP contribution in [0.4, 0.5) is 0 Å². The molecule has 1 aromatic heterocycles. The second kappa shape index (κ2) is 5.84. The Morgan fingerprint density at radius 1 is 1.56 bits per heavy atom. The number of carbonyl (C=O) groups excluding carboxylic acids is 2. The number of halogens is 1. The lowest BCUT2D eigenvalue weighted by Crippen LogP contribution is -2.45. The highest BCUT2D eigenvalue weighted by atomic mass is 79.9. The summed E-state index contributed by atoms with van der Waals surface area (Å²) in [4.78, 5) is 25.5. The largest absolute Gasteiger partial charge is 0.354 e. The number of amides is 2. The Morgan fingerprint density at radius 3 is 3.00 bits per heavy atom. The molecule has 1 aromatic rings. The van der Waals surface area contributed by atoms with Crippen LogP contribution in [0.15, 0.2) is 10.5 Å². The zero-order valence-electron chi connectivity index (χ0n) is 10.1. The third-order valence-corrected chi connectivity index (χ3v) is 5.06. The lowest BCUT2D eigenvalue weighted by Gasteiger charge is -2.14. The fraction of sp³-hybridized carbons (Fsp3) is 0.500. The molecule has 1 aliphatic rings. The van der Waals surface area contributed by atoms with Gasteiger partial charge in [0.15, 0.2) is 0 Å². The third-order valence-electron chi connectivity index (χ3n) is 2.92. The van der Waals surface area contributed by atoms with E-state index in [1.807, 2.05) is 6.92 Å². The van der Waals surface area contributed by atoms with Crippen molar-refractivity contribution in [3.8, 4) is 0 Å². The molecule has 1 saturated heterocycles. The lowest BCUT2D eigenvalue weighted by molar-refractivity contribution is -0.122. The van der Waals surface area contributed by atoms with Gasteiger partial charge in [0.1, 0.15) is 6.04 Å². The molecule has 2 heterocycles. The standard InChI is InChI=1S/C12H15BrN2O2S/c1-7-8(13)6-10(18-7)12(17)15-9-4-2-3-5-14-11(9)16/h6,9H,2-5H2,1H3,(H,14,16)(H,15,17). The van der Waals surface area contributed by atoms with Crippen molar-refractivity contribution >= 4 is 39.1 Å². The highest BCUT2D eigenvalue weighted by Crippen LogP contribution is 2.26. The predicted molar refractivity (Wildman–Crippen MR) is 74.9 cm³/mol. The summed E-state index contributed by atoms with van der Waals surface area (Å²) in [6, 6.07) is 1.39. The van der Waals surface area contributed by atoms with E-state index in [4.69, 9.17) is 0 Å². The van der Waals surface area contributed by atoms with E-state index < -0.39 is 6.04 Å². The minimum absolute atomic E-state index is 0.0757. The van der Waals surface area contributed by atoms with Crippen LogP contribution in [0.2, 0.25) is 0 Å². The molecule has 4 nitrogen and oxygen atoms in total. The van der Waals surface area contributed by atoms with Crippen molar-refractivity contribution in [2.24, 2.45) is 0 Å². The van der Waals surface area contributed by atoms with Gasteiger partial charge in [-0.1, -0.05) is 0 Å². The van der Waals surface area contributed by atoms with Crippen LogP contribution in [0.1, 0.15) is 33.8 Å². The summed E-state index contributed by atoms with van der Waals surface area (Å²) in [5, 5.41) is 5.61. The molecular formula is C12H15BrN2O2S. The van der Waals surface area contributed by atoms with E-state index in [0.29, 0.717) is 17.8 Å². The fourth-order valence-electron chi connectivity index (χ4n) is 1.88. The average Bonchev–Trinajstić information content (AvgIpc) is 2.54. The van der Waals surface area contributed by atoms with Crippen molar-refractivity contribution in [2.45, 2.75) is 32.2 Å². The molecule has 1 aliphatic heterocycles. The van der Waals surface area contributed by atoms with E-state index in [2.05, 4.69) is 26.6 Å². The molecule has 2 rings (SSSR count). The first kappa shape index (κ1) is 13.5. The Hall–Kier alpha value is -0.880. The van der Waals surface area contributed by atoms with Crippen molar-refractivity contribution in [3.05, 3.63) is 20.3 Å². The van der Waals surface area contributed by atoms with E-state index in [9.17, 15) is 9.59 Å². The number of aryl methyl sites for hydroxylation is 1. The quantitative estimate of drug-likeness (QED) is 0.873. The molecule has 0 bridgehead atoms. The molecule has 2 N–H and O–H groups in total. The van der Waals surface area contributed by atoms with Gasteiger partial charge in [-0.25, -0.2) is 0 Å². The Bertz CT molecular complexity index is 453. The van der Waals surface area contributed by atoms with Gasteiger partial charge in [-0.05, 0) is 48.2 Å². The molecular weight excluding hydrogens is 316 g/mol. The summed E-state index contributed by atoms with van der Waals surface area (Å²) in [5.74, 6) is -0.246. The zero-order valence-corrected chi connectivity index (χ0v) is 12.5. The second-order valence-electron chi connectivity index (χ2n) is 4.33. The first-order valence-corrected chi connectivity index (χ1v) is 7.53. The molecule has 1 fully saturated rings. The van der Waals surface area contributed by atoms with Crippen LogP contribution in [0.25, 0.3) is 0 Å². The molecule has 0 aliphatic carbocycles. The van der Waals surface area contributed by atoms with Crippen molar-refractivity contribution in [1.82, 2.24) is 10.6 Å². The van der Waals surface area contributed by atoms with E-state index in [-0.39, 0.29) is 11.8 Å². The second-order valence-corrected chi connectivity index (χ2v) is 6.44. The SMILES string of the molecule is Cc1sc(C(=O)NC2CCCCNC2=O)cc1Br. The van der Waals surface area contributed by atoms with E-state index in [0.717, 1.165) is 22.2 Å². The number of hydrogen-bond acceptors (Lipinski definition) is 3. The lowest BCUT2D eigenvalue weighted by atomic mass is 10.1. The minimum Gasteiger partial charge on any atom is -0.354 e. The van der Waals surface area contributed by atoms with Gasteiger partial charge < -0.3 is 10.6 Å². The van der Waals surface area contributed by atoms with Gasteiger partial charge in [0, 0.05) is 15.9 Å². The minimum atomic E-state index is -0.402. The highest BCUT2D eigenvalue weighted by molar-refractivity contribution is 9.10. The van der Waals surface area contributed by atoms with Crippen LogP contribution in [0.3, 0.4) is 0 Å². The molecule has 98 valence electrons. The summed E-state index contributed by atoms with van der Waals surface area (Å²) in [6.45, 7) is 2.65. The first-order chi connectivity index (χ1) is 8.58. The first-order valence-electron chi connectivity index (χ1n) is 5.92. The van der Waals surface area contributed by atoms with Crippen molar-refractivity contribution in [3.63, 3.8) is 0 Å². The van der Waals surface area contributed by atoms with Crippen LogP contribution in [-0.4, -0.2) is 24.4 Å². The van der Waals surface area contributed by atoms with E-state index in [1.165, 1.54) is 11.3 Å². The molecule has 0 aromatic carbocycles. The van der Waals surface area contributed by atoms with E-state index in [1.54, 1.807) is 6.07 Å². The van der Waals surface area contributed by atoms with Gasteiger partial charge in [-0.2, -0.15) is 0 Å². The Labute approximate surface area is 118 Å². The van der Waals surface area contributed by atoms with Gasteiger partial charge in [0.05, 0.1) is 4.88 Å². The van der Waals surface area contributed by atoms with Crippen molar-refractivity contribution < 1.29 is 9.59 Å². The summed E-state index contributed by atoms with van der Waals surface area (Å²) in [5.41, 5.74) is 0. The number of hydrogen-bond donors (Lipinski definition) is 2. The molecule has 0 radical (unpaired) electrons. The fourth-order valence-corrected chi connectivity index (χ4v) is 3.32. The van der Waals surface area contributed by atoms with Crippen LogP contribution < -0.4 is 10.6 Å². The molecule has 6 heteroatoms. The van der Waals surface area contributed by atoms with Crippen LogP contribution in [0.5, 0.6) is 0 Å². The molecule has 1 atom stereocenters. The van der Waals surface area contributed by atoms with Gasteiger partial charge in [0.25, 0.3) is 5.91 Å². The molecule has 18 heavy (non-hydrogen) atoms. The number of nitrogens with one attached hydrogen (secondary N) is 2. The zero-order chi connectivity index (χ0) is 13.1. The monoisotopic (exact) mass is 330 g/mol. The number of carbonyl (C=O) groups is 2. The summed E-state index contributed by atoms with van der Waals surface area (Å²) in [7, 11) is 0. The number of thiophene rings is 1. The van der Waals surface area contributed by atoms with Gasteiger partial charge in [-0.15, -0.1) is 11.3 Å². The summed E-state index contributed by atoms with van der Waals surface area (Å²) >= 11 is 4.81. The molecule has 0 saturated carbocycles. The van der Waals surface area contributed by atoms with Crippen LogP contribution in [0, 0.1) is 6.92 Å². The summed E-state index contributed by atoms with van der Waals surface area (Å²) < 4.78 is 0.933. The normalized spacial score (nSPS) is 20.1. The molecule has 1 unspecified atom stereocenters. The maximum absolute atomic E-state index is 12.0. The smallest absolute Gasteiger partial charge is 0.262 e. The Kier molecular flexibility index (Phi) is 4.40. The maximum Gasteiger partial charge on any atom is 0.262 e. The Balaban J connectivity index is 2.03. The van der Waals surface area contributed by atoms with Gasteiger partial charge in [-0.3, -0.25) is 9.59 Å². The highest BCUT2D eigenvalue weighted by Gasteiger charge is 2.23. The average molecular weight is 331 g/mol. The Morgan fingerprint density at radius 2 is 2.33 bits per heavy atom. The van der Waals surface area contributed by atoms with Crippen molar-refractivity contribution in [2.75, 3.05) is 6.54 Å². The third kappa shape index (κ3) is 3.11.